The molecule has 1 heterocycles. The lowest BCUT2D eigenvalue weighted by Crippen LogP contribution is -2.25. The number of nitrogens with one attached hydrogen (secondary N) is 2. The van der Waals surface area contributed by atoms with E-state index in [-0.39, 0.29) is 5.96 Å². The topological polar surface area (TPSA) is 94.3 Å². The van der Waals surface area contributed by atoms with Gasteiger partial charge in [0.2, 0.25) is 5.96 Å². The van der Waals surface area contributed by atoms with E-state index in [1.807, 2.05) is 6.07 Å². The summed E-state index contributed by atoms with van der Waals surface area (Å²) in [6.45, 7) is 0.321. The van der Waals surface area contributed by atoms with Crippen LogP contribution < -0.4 is 10.6 Å². The summed E-state index contributed by atoms with van der Waals surface area (Å²) in [7, 11) is 0. The molecule has 0 radical (unpaired) electrons. The number of hydrogen-bond acceptors (Lipinski definition) is 4. The summed E-state index contributed by atoms with van der Waals surface area (Å²) in [5.74, 6) is -1.25. The SMILES string of the molecule is N#Cc1ccc(CN=C2NC(=O)C(=O)N2)cc1. The quantitative estimate of drug-likeness (QED) is 0.678. The summed E-state index contributed by atoms with van der Waals surface area (Å²) in [6, 6.07) is 8.91. The van der Waals surface area contributed by atoms with Crippen LogP contribution in [0, 0.1) is 11.3 Å². The molecular formula is C11H8N4O2. The van der Waals surface area contributed by atoms with Crippen molar-refractivity contribution in [1.82, 2.24) is 10.6 Å². The first-order valence-electron chi connectivity index (χ1n) is 4.85. The van der Waals surface area contributed by atoms with Gasteiger partial charge in [0.1, 0.15) is 0 Å². The van der Waals surface area contributed by atoms with Gasteiger partial charge in [-0.3, -0.25) is 20.2 Å². The van der Waals surface area contributed by atoms with Gasteiger partial charge < -0.3 is 0 Å². The monoisotopic (exact) mass is 228 g/mol. The highest BCUT2D eigenvalue weighted by Crippen LogP contribution is 2.04. The second-order valence-corrected chi connectivity index (χ2v) is 3.38. The predicted octanol–water partition coefficient (Wildman–Crippen LogP) is -0.340. The van der Waals surface area contributed by atoms with Gasteiger partial charge in [-0.05, 0) is 17.7 Å². The molecule has 0 unspecified atom stereocenters. The first kappa shape index (κ1) is 10.8. The Hall–Kier alpha value is -2.68. The van der Waals surface area contributed by atoms with Crippen LogP contribution in [-0.2, 0) is 16.1 Å². The van der Waals surface area contributed by atoms with Crippen molar-refractivity contribution in [3.63, 3.8) is 0 Å². The van der Waals surface area contributed by atoms with E-state index in [0.717, 1.165) is 5.56 Å². The highest BCUT2D eigenvalue weighted by atomic mass is 16.2. The average molecular weight is 228 g/mol. The molecule has 1 fully saturated rings. The van der Waals surface area contributed by atoms with Crippen molar-refractivity contribution in [3.8, 4) is 6.07 Å². The Labute approximate surface area is 97.0 Å². The second kappa shape index (κ2) is 4.45. The molecule has 1 saturated heterocycles. The van der Waals surface area contributed by atoms with Crippen LogP contribution >= 0.6 is 0 Å². The molecule has 2 rings (SSSR count). The number of nitriles is 1. The Morgan fingerprint density at radius 3 is 2.24 bits per heavy atom. The number of carbonyl (C=O) groups is 2. The number of hydrogen-bond donors (Lipinski definition) is 2. The predicted molar refractivity (Wildman–Crippen MR) is 58.6 cm³/mol. The molecule has 1 aliphatic rings. The molecule has 0 atom stereocenters. The molecule has 17 heavy (non-hydrogen) atoms. The van der Waals surface area contributed by atoms with Gasteiger partial charge in [-0.2, -0.15) is 5.26 Å². The van der Waals surface area contributed by atoms with E-state index in [2.05, 4.69) is 15.6 Å². The maximum Gasteiger partial charge on any atom is 0.316 e. The molecule has 2 amide bonds. The van der Waals surface area contributed by atoms with Gasteiger partial charge in [0.15, 0.2) is 0 Å². The van der Waals surface area contributed by atoms with E-state index in [1.165, 1.54) is 0 Å². The third-order valence-electron chi connectivity index (χ3n) is 2.17. The molecule has 84 valence electrons. The van der Waals surface area contributed by atoms with Crippen molar-refractivity contribution in [2.24, 2.45) is 4.99 Å². The van der Waals surface area contributed by atoms with Gasteiger partial charge in [-0.15, -0.1) is 0 Å². The fraction of sp³-hybridized carbons (Fsp3) is 0.0909. The van der Waals surface area contributed by atoms with Gasteiger partial charge in [0.25, 0.3) is 0 Å². The van der Waals surface area contributed by atoms with Crippen LogP contribution in [0.2, 0.25) is 0 Å². The van der Waals surface area contributed by atoms with Crippen molar-refractivity contribution in [3.05, 3.63) is 35.4 Å². The Morgan fingerprint density at radius 2 is 1.71 bits per heavy atom. The van der Waals surface area contributed by atoms with Crippen molar-refractivity contribution >= 4 is 17.8 Å². The smallest absolute Gasteiger partial charge is 0.288 e. The molecule has 0 saturated carbocycles. The molecular weight excluding hydrogens is 220 g/mol. The number of benzene rings is 1. The fourth-order valence-electron chi connectivity index (χ4n) is 1.29. The number of nitrogens with zero attached hydrogens (tertiary/aromatic N) is 2. The van der Waals surface area contributed by atoms with Crippen LogP contribution in [0.3, 0.4) is 0 Å². The van der Waals surface area contributed by atoms with Gasteiger partial charge >= 0.3 is 11.8 Å². The number of amides is 2. The van der Waals surface area contributed by atoms with Gasteiger partial charge in [0.05, 0.1) is 18.2 Å². The molecule has 0 aromatic heterocycles. The number of aliphatic imine (C=N–C) groups is 1. The maximum atomic E-state index is 10.8. The van der Waals surface area contributed by atoms with E-state index in [1.54, 1.807) is 24.3 Å². The van der Waals surface area contributed by atoms with E-state index in [9.17, 15) is 9.59 Å². The largest absolute Gasteiger partial charge is 0.316 e. The van der Waals surface area contributed by atoms with Crippen molar-refractivity contribution in [2.75, 3.05) is 0 Å². The van der Waals surface area contributed by atoms with Gasteiger partial charge in [0, 0.05) is 0 Å². The van der Waals surface area contributed by atoms with Crippen molar-refractivity contribution in [1.29, 1.82) is 5.26 Å². The van der Waals surface area contributed by atoms with Crippen LogP contribution in [-0.4, -0.2) is 17.8 Å². The molecule has 1 aromatic carbocycles. The third kappa shape index (κ3) is 2.46. The second-order valence-electron chi connectivity index (χ2n) is 3.38. The minimum atomic E-state index is -0.705. The molecule has 0 aliphatic carbocycles. The number of guanidine groups is 1. The summed E-state index contributed by atoms with van der Waals surface area (Å²) >= 11 is 0. The first-order valence-corrected chi connectivity index (χ1v) is 4.85. The Kier molecular flexibility index (Phi) is 2.83. The lowest BCUT2D eigenvalue weighted by Gasteiger charge is -1.98. The summed E-state index contributed by atoms with van der Waals surface area (Å²) in [5, 5.41) is 13.2. The fourth-order valence-corrected chi connectivity index (χ4v) is 1.29. The molecule has 6 heteroatoms. The molecule has 1 aliphatic heterocycles. The minimum Gasteiger partial charge on any atom is -0.288 e. The van der Waals surface area contributed by atoms with Crippen molar-refractivity contribution in [2.45, 2.75) is 6.54 Å². The van der Waals surface area contributed by atoms with E-state index < -0.39 is 11.8 Å². The van der Waals surface area contributed by atoms with Crippen LogP contribution in [0.5, 0.6) is 0 Å². The minimum absolute atomic E-state index is 0.157. The lowest BCUT2D eigenvalue weighted by atomic mass is 10.1. The van der Waals surface area contributed by atoms with Crippen LogP contribution in [0.15, 0.2) is 29.3 Å². The zero-order valence-electron chi connectivity index (χ0n) is 8.73. The average Bonchev–Trinajstić information content (AvgIpc) is 2.67. The number of carbonyl (C=O) groups excluding carboxylic acids is 2. The third-order valence-corrected chi connectivity index (χ3v) is 2.17. The van der Waals surface area contributed by atoms with Crippen LogP contribution in [0.1, 0.15) is 11.1 Å². The zero-order chi connectivity index (χ0) is 12.3. The lowest BCUT2D eigenvalue weighted by molar-refractivity contribution is -0.135. The first-order chi connectivity index (χ1) is 8.19. The zero-order valence-corrected chi connectivity index (χ0v) is 8.73. The molecule has 1 aromatic rings. The van der Waals surface area contributed by atoms with E-state index in [0.29, 0.717) is 12.1 Å². The van der Waals surface area contributed by atoms with E-state index >= 15 is 0 Å². The Morgan fingerprint density at radius 1 is 1.12 bits per heavy atom. The maximum absolute atomic E-state index is 10.8. The highest BCUT2D eigenvalue weighted by molar-refractivity contribution is 6.45. The van der Waals surface area contributed by atoms with Gasteiger partial charge in [-0.25, -0.2) is 4.99 Å². The van der Waals surface area contributed by atoms with Crippen LogP contribution in [0.25, 0.3) is 0 Å². The van der Waals surface area contributed by atoms with Gasteiger partial charge in [-0.1, -0.05) is 12.1 Å². The standard InChI is InChI=1S/C11H8N4O2/c12-5-7-1-3-8(4-2-7)6-13-11-14-9(16)10(17)15-11/h1-4H,6H2,(H2,13,14,15,16,17). The molecule has 2 N–H and O–H groups in total. The summed E-state index contributed by atoms with van der Waals surface area (Å²) in [5.41, 5.74) is 1.45. The highest BCUT2D eigenvalue weighted by Gasteiger charge is 2.24. The summed E-state index contributed by atoms with van der Waals surface area (Å²) in [6.07, 6.45) is 0. The van der Waals surface area contributed by atoms with E-state index in [4.69, 9.17) is 5.26 Å². The normalized spacial score (nSPS) is 13.9. The Balaban J connectivity index is 2.03. The molecule has 6 nitrogen and oxygen atoms in total. The summed E-state index contributed by atoms with van der Waals surface area (Å²) < 4.78 is 0. The molecule has 0 spiro atoms. The Bertz CT molecular complexity index is 522. The van der Waals surface area contributed by atoms with Crippen molar-refractivity contribution < 1.29 is 9.59 Å². The molecule has 0 bridgehead atoms. The number of rotatable bonds is 2. The summed E-state index contributed by atoms with van der Waals surface area (Å²) in [4.78, 5) is 25.7. The van der Waals surface area contributed by atoms with Crippen LogP contribution in [0.4, 0.5) is 0 Å².